The highest BCUT2D eigenvalue weighted by molar-refractivity contribution is 6.17. The van der Waals surface area contributed by atoms with Crippen LogP contribution in [0.4, 0.5) is 5.69 Å². The number of aromatic nitrogens is 2. The fraction of sp³-hybridized carbons (Fsp3) is 0.0227. The Morgan fingerprint density at radius 3 is 2.10 bits per heavy atom. The van der Waals surface area contributed by atoms with Crippen LogP contribution in [0.5, 0.6) is 0 Å². The fourth-order valence-corrected chi connectivity index (χ4v) is 7.38. The van der Waals surface area contributed by atoms with Crippen LogP contribution in [0.15, 0.2) is 158 Å². The van der Waals surface area contributed by atoms with Gasteiger partial charge in [0.15, 0.2) is 6.23 Å². The lowest BCUT2D eigenvalue weighted by Crippen LogP contribution is -2.28. The van der Waals surface area contributed by atoms with E-state index in [0.717, 1.165) is 55.2 Å². The predicted molar refractivity (Wildman–Crippen MR) is 198 cm³/mol. The molecule has 0 fully saturated rings. The van der Waals surface area contributed by atoms with Gasteiger partial charge in [-0.1, -0.05) is 109 Å². The molecule has 3 heterocycles. The maximum Gasteiger partial charge on any atom is 0.263 e. The average Bonchev–Trinajstić information content (AvgIpc) is 3.65. The molecule has 0 spiro atoms. The summed E-state index contributed by atoms with van der Waals surface area (Å²) < 4.78 is 2.11. The molecule has 236 valence electrons. The largest absolute Gasteiger partial charge is 0.369 e. The molecule has 9 rings (SSSR count). The number of hydrogen-bond donors (Lipinski definition) is 1. The van der Waals surface area contributed by atoms with Gasteiger partial charge in [0, 0.05) is 39.9 Å². The standard InChI is InChI=1S/C44H28N4O2/c45-25-28-23-32(27-46-26-28)31-21-22-38-36(24-31)34-15-7-8-18-37(34)47(38)40-20-10-17-35-42(40)44(50)48(43(35)49)39-19-9-16-33(29-11-3-1-4-12-29)41(39)30-13-5-2-6-14-30/h1-24,26-27,43,49H. The van der Waals surface area contributed by atoms with Crippen LogP contribution in [0.3, 0.4) is 0 Å². The van der Waals surface area contributed by atoms with Gasteiger partial charge in [-0.15, -0.1) is 0 Å². The molecule has 6 heteroatoms. The molecule has 1 amide bonds. The van der Waals surface area contributed by atoms with E-state index in [0.29, 0.717) is 28.1 Å². The number of carbonyl (C=O) groups excluding carboxylic acids is 1. The van der Waals surface area contributed by atoms with Gasteiger partial charge in [0.05, 0.1) is 33.5 Å². The van der Waals surface area contributed by atoms with E-state index in [2.05, 4.69) is 52.0 Å². The third-order valence-electron chi connectivity index (χ3n) is 9.59. The molecule has 50 heavy (non-hydrogen) atoms. The molecule has 2 aromatic heterocycles. The van der Waals surface area contributed by atoms with Crippen molar-refractivity contribution < 1.29 is 9.90 Å². The zero-order chi connectivity index (χ0) is 33.8. The van der Waals surface area contributed by atoms with Crippen LogP contribution in [0.2, 0.25) is 0 Å². The van der Waals surface area contributed by atoms with Crippen molar-refractivity contribution >= 4 is 33.4 Å². The van der Waals surface area contributed by atoms with Crippen LogP contribution < -0.4 is 4.90 Å². The Labute approximate surface area is 288 Å². The average molecular weight is 645 g/mol. The van der Waals surface area contributed by atoms with Crippen molar-refractivity contribution in [2.75, 3.05) is 4.90 Å². The fourth-order valence-electron chi connectivity index (χ4n) is 7.38. The van der Waals surface area contributed by atoms with Crippen LogP contribution >= 0.6 is 0 Å². The minimum Gasteiger partial charge on any atom is -0.369 e. The van der Waals surface area contributed by atoms with Gasteiger partial charge in [0.25, 0.3) is 5.91 Å². The van der Waals surface area contributed by atoms with Crippen molar-refractivity contribution in [2.24, 2.45) is 0 Å². The lowest BCUT2D eigenvalue weighted by Gasteiger charge is -2.26. The lowest BCUT2D eigenvalue weighted by molar-refractivity contribution is 0.0935. The first-order chi connectivity index (χ1) is 24.6. The highest BCUT2D eigenvalue weighted by atomic mass is 16.3. The molecule has 1 aliphatic rings. The summed E-state index contributed by atoms with van der Waals surface area (Å²) in [4.78, 5) is 20.6. The summed E-state index contributed by atoms with van der Waals surface area (Å²) in [5, 5.41) is 23.5. The summed E-state index contributed by atoms with van der Waals surface area (Å²) in [6, 6.07) is 50.1. The Balaban J connectivity index is 1.23. The molecule has 0 saturated heterocycles. The molecule has 0 saturated carbocycles. The van der Waals surface area contributed by atoms with Gasteiger partial charge >= 0.3 is 0 Å². The number of nitriles is 1. The van der Waals surface area contributed by atoms with Crippen LogP contribution in [-0.2, 0) is 0 Å². The molecule has 0 aliphatic carbocycles. The summed E-state index contributed by atoms with van der Waals surface area (Å²) in [7, 11) is 0. The number of rotatable bonds is 5. The Hall–Kier alpha value is -6.81. The number of amides is 1. The minimum atomic E-state index is -1.19. The number of carbonyl (C=O) groups is 1. The van der Waals surface area contributed by atoms with E-state index in [4.69, 9.17) is 0 Å². The molecule has 0 bridgehead atoms. The van der Waals surface area contributed by atoms with Gasteiger partial charge in [0.2, 0.25) is 0 Å². The molecule has 1 unspecified atom stereocenters. The molecular weight excluding hydrogens is 617 g/mol. The number of benzene rings is 6. The molecule has 0 radical (unpaired) electrons. The predicted octanol–water partition coefficient (Wildman–Crippen LogP) is 9.70. The molecule has 8 aromatic rings. The second-order valence-corrected chi connectivity index (χ2v) is 12.4. The number of hydrogen-bond acceptors (Lipinski definition) is 4. The van der Waals surface area contributed by atoms with E-state index < -0.39 is 6.23 Å². The van der Waals surface area contributed by atoms with Gasteiger partial charge in [-0.25, -0.2) is 0 Å². The second-order valence-electron chi connectivity index (χ2n) is 12.4. The number of pyridine rings is 1. The highest BCUT2D eigenvalue weighted by Crippen LogP contribution is 2.47. The summed E-state index contributed by atoms with van der Waals surface area (Å²) in [6.07, 6.45) is 2.13. The molecule has 6 nitrogen and oxygen atoms in total. The third-order valence-corrected chi connectivity index (χ3v) is 9.59. The SMILES string of the molecule is N#Cc1cncc(-c2ccc3c(c2)c2ccccc2n3-c2cccc3c2C(=O)N(c2cccc(-c4ccccc4)c2-c2ccccc2)C3O)c1. The van der Waals surface area contributed by atoms with E-state index in [-0.39, 0.29) is 5.91 Å². The molecule has 6 aromatic carbocycles. The first-order valence-electron chi connectivity index (χ1n) is 16.4. The Bertz CT molecular complexity index is 2660. The van der Waals surface area contributed by atoms with Crippen LogP contribution in [0.1, 0.15) is 27.7 Å². The normalized spacial score (nSPS) is 13.9. The van der Waals surface area contributed by atoms with Crippen LogP contribution in [0.25, 0.3) is 60.9 Å². The summed E-state index contributed by atoms with van der Waals surface area (Å²) in [5.41, 5.74) is 10.3. The van der Waals surface area contributed by atoms with Gasteiger partial charge in [-0.2, -0.15) is 5.26 Å². The zero-order valence-electron chi connectivity index (χ0n) is 26.7. The van der Waals surface area contributed by atoms with Crippen LogP contribution in [-0.4, -0.2) is 20.6 Å². The monoisotopic (exact) mass is 644 g/mol. The highest BCUT2D eigenvalue weighted by Gasteiger charge is 2.40. The maximum absolute atomic E-state index is 14.8. The third kappa shape index (κ3) is 4.53. The van der Waals surface area contributed by atoms with Gasteiger partial charge in [-0.3, -0.25) is 14.7 Å². The van der Waals surface area contributed by atoms with Crippen molar-refractivity contribution in [1.82, 2.24) is 9.55 Å². The van der Waals surface area contributed by atoms with Crippen molar-refractivity contribution in [1.29, 1.82) is 5.26 Å². The Kier molecular flexibility index (Phi) is 6.87. The first-order valence-corrected chi connectivity index (χ1v) is 16.4. The van der Waals surface area contributed by atoms with Crippen molar-refractivity contribution in [3.63, 3.8) is 0 Å². The lowest BCUT2D eigenvalue weighted by atomic mass is 9.92. The first kappa shape index (κ1) is 29.3. The van der Waals surface area contributed by atoms with E-state index in [1.807, 2.05) is 109 Å². The van der Waals surface area contributed by atoms with Crippen molar-refractivity contribution in [3.05, 3.63) is 175 Å². The summed E-state index contributed by atoms with van der Waals surface area (Å²) >= 11 is 0. The van der Waals surface area contributed by atoms with Gasteiger partial charge in [-0.05, 0) is 58.7 Å². The van der Waals surface area contributed by atoms with E-state index in [9.17, 15) is 15.2 Å². The second kappa shape index (κ2) is 11.7. The Morgan fingerprint density at radius 1 is 0.600 bits per heavy atom. The number of nitrogens with zero attached hydrogens (tertiary/aromatic N) is 4. The smallest absolute Gasteiger partial charge is 0.263 e. The quantitative estimate of drug-likeness (QED) is 0.202. The van der Waals surface area contributed by atoms with E-state index in [1.54, 1.807) is 12.4 Å². The molecule has 1 atom stereocenters. The van der Waals surface area contributed by atoms with E-state index in [1.165, 1.54) is 4.90 Å². The number of aliphatic hydroxyl groups is 1. The molecule has 1 aliphatic heterocycles. The maximum atomic E-state index is 14.8. The van der Waals surface area contributed by atoms with Crippen LogP contribution in [0, 0.1) is 11.3 Å². The summed E-state index contributed by atoms with van der Waals surface area (Å²) in [5.74, 6) is -0.271. The number of fused-ring (bicyclic) bond motifs is 4. The molecule has 1 N–H and O–H groups in total. The molecular formula is C44H28N4O2. The number of anilines is 1. The van der Waals surface area contributed by atoms with Crippen molar-refractivity contribution in [2.45, 2.75) is 6.23 Å². The number of aliphatic hydroxyl groups excluding tert-OH is 1. The van der Waals surface area contributed by atoms with Gasteiger partial charge in [0.1, 0.15) is 6.07 Å². The zero-order valence-corrected chi connectivity index (χ0v) is 26.7. The van der Waals surface area contributed by atoms with Gasteiger partial charge < -0.3 is 9.67 Å². The minimum absolute atomic E-state index is 0.271. The summed E-state index contributed by atoms with van der Waals surface area (Å²) in [6.45, 7) is 0. The Morgan fingerprint density at radius 2 is 1.30 bits per heavy atom. The van der Waals surface area contributed by atoms with E-state index >= 15 is 0 Å². The topological polar surface area (TPSA) is 82.2 Å². The van der Waals surface area contributed by atoms with Crippen molar-refractivity contribution in [3.8, 4) is 45.1 Å². The number of para-hydroxylation sites is 1.